The number of aromatic amines is 1. The van der Waals surface area contributed by atoms with Crippen molar-refractivity contribution in [1.29, 1.82) is 0 Å². The summed E-state index contributed by atoms with van der Waals surface area (Å²) < 4.78 is 4.83. The van der Waals surface area contributed by atoms with Crippen molar-refractivity contribution in [1.82, 2.24) is 10.3 Å². The van der Waals surface area contributed by atoms with E-state index < -0.39 is 0 Å². The Labute approximate surface area is 148 Å². The lowest BCUT2D eigenvalue weighted by Gasteiger charge is -2.14. The van der Waals surface area contributed by atoms with Gasteiger partial charge in [0.05, 0.1) is 13.5 Å². The zero-order valence-electron chi connectivity index (χ0n) is 14.7. The number of carbonyl (C=O) groups excluding carboxylic acids is 1. The molecule has 0 saturated heterocycles. The number of H-pyrrole nitrogens is 1. The quantitative estimate of drug-likeness (QED) is 0.646. The molecule has 3 aromatic rings. The van der Waals surface area contributed by atoms with Crippen LogP contribution in [0.2, 0.25) is 0 Å². The second-order valence-electron chi connectivity index (χ2n) is 6.22. The Bertz CT molecular complexity index is 839. The summed E-state index contributed by atoms with van der Waals surface area (Å²) in [5.41, 5.74) is 4.47. The van der Waals surface area contributed by atoms with Gasteiger partial charge < -0.3 is 15.0 Å². The Morgan fingerprint density at radius 2 is 1.84 bits per heavy atom. The second-order valence-corrected chi connectivity index (χ2v) is 6.22. The van der Waals surface area contributed by atoms with Crippen LogP contribution < -0.4 is 5.32 Å². The van der Waals surface area contributed by atoms with E-state index in [1.807, 2.05) is 24.3 Å². The molecule has 2 N–H and O–H groups in total. The Hall–Kier alpha value is -2.59. The van der Waals surface area contributed by atoms with Gasteiger partial charge in [0.15, 0.2) is 0 Å². The van der Waals surface area contributed by atoms with Gasteiger partial charge in [0.1, 0.15) is 0 Å². The van der Waals surface area contributed by atoms with Gasteiger partial charge in [0, 0.05) is 22.6 Å². The van der Waals surface area contributed by atoms with Crippen molar-refractivity contribution in [2.75, 3.05) is 13.7 Å². The number of hydrogen-bond acceptors (Lipinski definition) is 3. The molecule has 0 unspecified atom stereocenters. The minimum Gasteiger partial charge on any atom is -0.469 e. The summed E-state index contributed by atoms with van der Waals surface area (Å²) in [7, 11) is 1.42. The van der Waals surface area contributed by atoms with Gasteiger partial charge in [-0.3, -0.25) is 4.79 Å². The lowest BCUT2D eigenvalue weighted by atomic mass is 10.0. The van der Waals surface area contributed by atoms with Crippen LogP contribution in [-0.4, -0.2) is 24.6 Å². The Kier molecular flexibility index (Phi) is 5.51. The van der Waals surface area contributed by atoms with E-state index in [0.717, 1.165) is 24.2 Å². The third-order valence-electron chi connectivity index (χ3n) is 4.58. The van der Waals surface area contributed by atoms with E-state index in [-0.39, 0.29) is 18.4 Å². The van der Waals surface area contributed by atoms with Gasteiger partial charge in [-0.1, -0.05) is 48.5 Å². The van der Waals surface area contributed by atoms with Gasteiger partial charge in [-0.15, -0.1) is 0 Å². The molecule has 0 amide bonds. The summed E-state index contributed by atoms with van der Waals surface area (Å²) in [5, 5.41) is 4.74. The molecular weight excluding hydrogens is 312 g/mol. The number of hydrogen-bond donors (Lipinski definition) is 2. The molecule has 3 rings (SSSR count). The summed E-state index contributed by atoms with van der Waals surface area (Å²) in [4.78, 5) is 15.1. The summed E-state index contributed by atoms with van der Waals surface area (Å²) in [6.07, 6.45) is 1.13. The van der Waals surface area contributed by atoms with Crippen LogP contribution >= 0.6 is 0 Å². The second kappa shape index (κ2) is 7.99. The number of nitrogens with one attached hydrogen (secondary N) is 2. The van der Waals surface area contributed by atoms with Crippen molar-refractivity contribution in [2.45, 2.75) is 25.8 Å². The minimum atomic E-state index is -0.224. The highest BCUT2D eigenvalue weighted by Gasteiger charge is 2.15. The maximum atomic E-state index is 11.7. The fraction of sp³-hybridized carbons (Fsp3) is 0.286. The zero-order valence-corrected chi connectivity index (χ0v) is 14.7. The lowest BCUT2D eigenvalue weighted by Crippen LogP contribution is -2.21. The molecular formula is C21H24N2O2. The van der Waals surface area contributed by atoms with Crippen molar-refractivity contribution in [2.24, 2.45) is 0 Å². The van der Waals surface area contributed by atoms with Crippen LogP contribution in [0.25, 0.3) is 10.9 Å². The molecule has 4 nitrogen and oxygen atoms in total. The molecule has 2 aromatic carbocycles. The summed E-state index contributed by atoms with van der Waals surface area (Å²) >= 11 is 0. The van der Waals surface area contributed by atoms with Crippen LogP contribution in [0.15, 0.2) is 54.6 Å². The molecule has 0 bridgehead atoms. The summed E-state index contributed by atoms with van der Waals surface area (Å²) in [6, 6.07) is 18.9. The highest BCUT2D eigenvalue weighted by Crippen LogP contribution is 2.23. The van der Waals surface area contributed by atoms with Crippen LogP contribution in [0.5, 0.6) is 0 Å². The third kappa shape index (κ3) is 4.09. The topological polar surface area (TPSA) is 54.1 Å². The molecule has 1 heterocycles. The average molecular weight is 336 g/mol. The van der Waals surface area contributed by atoms with Gasteiger partial charge in [-0.2, -0.15) is 0 Å². The van der Waals surface area contributed by atoms with E-state index in [4.69, 9.17) is 4.74 Å². The predicted octanol–water partition coefficient (Wildman–Crippen LogP) is 3.78. The Balaban J connectivity index is 1.73. The number of methoxy groups -OCH3 is 1. The molecule has 130 valence electrons. The monoisotopic (exact) mass is 336 g/mol. The minimum absolute atomic E-state index is 0.224. The predicted molar refractivity (Wildman–Crippen MR) is 101 cm³/mol. The highest BCUT2D eigenvalue weighted by molar-refractivity contribution is 5.86. The first-order valence-corrected chi connectivity index (χ1v) is 8.62. The van der Waals surface area contributed by atoms with Crippen molar-refractivity contribution in [3.8, 4) is 0 Å². The molecule has 0 aliphatic carbocycles. The smallest absolute Gasteiger partial charge is 0.311 e. The zero-order chi connectivity index (χ0) is 17.6. The molecule has 1 atom stereocenters. The number of aromatic nitrogens is 1. The van der Waals surface area contributed by atoms with E-state index in [2.05, 4.69) is 47.6 Å². The van der Waals surface area contributed by atoms with Gasteiger partial charge in [0.2, 0.25) is 0 Å². The number of fused-ring (bicyclic) bond motifs is 1. The molecule has 25 heavy (non-hydrogen) atoms. The van der Waals surface area contributed by atoms with Crippen LogP contribution in [0.4, 0.5) is 0 Å². The van der Waals surface area contributed by atoms with E-state index in [0.29, 0.717) is 0 Å². The third-order valence-corrected chi connectivity index (χ3v) is 4.58. The SMILES string of the molecule is COC(=O)Cc1[nH]c2ccccc2c1CCN[C@@H](C)c1ccccc1. The number of ether oxygens (including phenoxy) is 1. The molecule has 0 aliphatic heterocycles. The summed E-state index contributed by atoms with van der Waals surface area (Å²) in [5.74, 6) is -0.224. The highest BCUT2D eigenvalue weighted by atomic mass is 16.5. The Morgan fingerprint density at radius 3 is 2.60 bits per heavy atom. The van der Waals surface area contributed by atoms with E-state index in [1.165, 1.54) is 23.6 Å². The molecule has 4 heteroatoms. The average Bonchev–Trinajstić information content (AvgIpc) is 2.99. The first-order chi connectivity index (χ1) is 12.2. The number of carbonyl (C=O) groups is 1. The maximum absolute atomic E-state index is 11.7. The van der Waals surface area contributed by atoms with Crippen molar-refractivity contribution in [3.63, 3.8) is 0 Å². The lowest BCUT2D eigenvalue weighted by molar-refractivity contribution is -0.139. The van der Waals surface area contributed by atoms with Crippen LogP contribution in [0, 0.1) is 0 Å². The van der Waals surface area contributed by atoms with Gasteiger partial charge >= 0.3 is 5.97 Å². The van der Waals surface area contributed by atoms with Crippen LogP contribution in [0.1, 0.15) is 29.8 Å². The van der Waals surface area contributed by atoms with Gasteiger partial charge in [-0.05, 0) is 37.1 Å². The molecule has 0 saturated carbocycles. The van der Waals surface area contributed by atoms with Crippen molar-refractivity contribution < 1.29 is 9.53 Å². The van der Waals surface area contributed by atoms with Gasteiger partial charge in [-0.25, -0.2) is 0 Å². The largest absolute Gasteiger partial charge is 0.469 e. The van der Waals surface area contributed by atoms with Crippen molar-refractivity contribution >= 4 is 16.9 Å². The summed E-state index contributed by atoms with van der Waals surface area (Å²) in [6.45, 7) is 3.01. The number of rotatable bonds is 7. The van der Waals surface area contributed by atoms with Crippen LogP contribution in [-0.2, 0) is 22.4 Å². The van der Waals surface area contributed by atoms with Gasteiger partial charge in [0.25, 0.3) is 0 Å². The molecule has 0 fully saturated rings. The normalized spacial score (nSPS) is 12.2. The Morgan fingerprint density at radius 1 is 1.12 bits per heavy atom. The molecule has 1 aromatic heterocycles. The standard InChI is InChI=1S/C21H24N2O2/c1-15(16-8-4-3-5-9-16)22-13-12-18-17-10-6-7-11-19(17)23-20(18)14-21(24)25-2/h3-11,15,22-23H,12-14H2,1-2H3/t15-/m0/s1. The van der Waals surface area contributed by atoms with Crippen LogP contribution in [0.3, 0.4) is 0 Å². The fourth-order valence-electron chi connectivity index (χ4n) is 3.18. The van der Waals surface area contributed by atoms with E-state index >= 15 is 0 Å². The first-order valence-electron chi connectivity index (χ1n) is 8.62. The number of esters is 1. The number of benzene rings is 2. The first kappa shape index (κ1) is 17.2. The van der Waals surface area contributed by atoms with E-state index in [9.17, 15) is 4.79 Å². The van der Waals surface area contributed by atoms with E-state index in [1.54, 1.807) is 0 Å². The molecule has 0 radical (unpaired) electrons. The molecule has 0 aliphatic rings. The maximum Gasteiger partial charge on any atom is 0.311 e. The number of para-hydroxylation sites is 1. The fourth-order valence-corrected chi connectivity index (χ4v) is 3.18. The molecule has 0 spiro atoms. The van der Waals surface area contributed by atoms with Crippen molar-refractivity contribution in [3.05, 3.63) is 71.4 Å².